The highest BCUT2D eigenvalue weighted by molar-refractivity contribution is 9.10. The zero-order chi connectivity index (χ0) is 19.7. The van der Waals surface area contributed by atoms with Crippen molar-refractivity contribution in [1.82, 2.24) is 24.6 Å². The van der Waals surface area contributed by atoms with Gasteiger partial charge in [0.1, 0.15) is 19.2 Å². The molecule has 4 rings (SSSR count). The van der Waals surface area contributed by atoms with Gasteiger partial charge in [0, 0.05) is 21.1 Å². The molecule has 0 aliphatic heterocycles. The van der Waals surface area contributed by atoms with Crippen molar-refractivity contribution < 1.29 is 4.79 Å². The molecule has 2 heterocycles. The Morgan fingerprint density at radius 2 is 1.93 bits per heavy atom. The number of amides is 1. The number of hydrogen-bond donors (Lipinski definition) is 1. The summed E-state index contributed by atoms with van der Waals surface area (Å²) in [6.45, 7) is 4.28. The van der Waals surface area contributed by atoms with E-state index < -0.39 is 0 Å². The summed E-state index contributed by atoms with van der Waals surface area (Å²) in [4.78, 5) is 16.6. The number of rotatable bonds is 5. The monoisotopic (exact) mass is 437 g/mol. The number of halogens is 1. The zero-order valence-electron chi connectivity index (χ0n) is 15.6. The lowest BCUT2D eigenvalue weighted by Crippen LogP contribution is -2.30. The van der Waals surface area contributed by atoms with Gasteiger partial charge in [0.05, 0.1) is 11.7 Å². The highest BCUT2D eigenvalue weighted by Crippen LogP contribution is 2.30. The number of hydrogen-bond acceptors (Lipinski definition) is 3. The number of carbonyl (C=O) groups is 1. The third-order valence-corrected chi connectivity index (χ3v) is 5.91. The molecule has 0 saturated carbocycles. The summed E-state index contributed by atoms with van der Waals surface area (Å²) in [7, 11) is 0. The van der Waals surface area contributed by atoms with Crippen LogP contribution in [-0.2, 0) is 11.3 Å². The standard InChI is InChI=1S/C21H20BrN5O/c1-14(16-7-9-17(10-8-16)27-13-23-12-24-27)25-20(28)11-26-15(2)21(22)18-5-3-4-6-19(18)26/h3-10,12-14H,11H2,1-2H3,(H,25,28). The molecule has 1 N–H and O–H groups in total. The molecule has 0 spiro atoms. The maximum absolute atomic E-state index is 12.7. The van der Waals surface area contributed by atoms with Gasteiger partial charge < -0.3 is 9.88 Å². The Kier molecular flexibility index (Phi) is 5.00. The van der Waals surface area contributed by atoms with Crippen LogP contribution in [0.2, 0.25) is 0 Å². The third kappa shape index (κ3) is 3.45. The van der Waals surface area contributed by atoms with Crippen molar-refractivity contribution in [2.75, 3.05) is 0 Å². The molecule has 0 aliphatic carbocycles. The van der Waals surface area contributed by atoms with Gasteiger partial charge in [-0.15, -0.1) is 0 Å². The maximum Gasteiger partial charge on any atom is 0.240 e. The van der Waals surface area contributed by atoms with E-state index in [1.807, 2.05) is 60.9 Å². The predicted molar refractivity (Wildman–Crippen MR) is 112 cm³/mol. The lowest BCUT2D eigenvalue weighted by molar-refractivity contribution is -0.122. The van der Waals surface area contributed by atoms with Crippen molar-refractivity contribution in [3.63, 3.8) is 0 Å². The first kappa shape index (κ1) is 18.4. The van der Waals surface area contributed by atoms with E-state index in [4.69, 9.17) is 0 Å². The Balaban J connectivity index is 1.47. The Bertz CT molecular complexity index is 1120. The van der Waals surface area contributed by atoms with Crippen LogP contribution in [-0.4, -0.2) is 25.2 Å². The number of nitrogens with zero attached hydrogens (tertiary/aromatic N) is 4. The van der Waals surface area contributed by atoms with Crippen LogP contribution in [0.5, 0.6) is 0 Å². The molecule has 2 aromatic heterocycles. The molecule has 2 aromatic carbocycles. The van der Waals surface area contributed by atoms with Crippen LogP contribution in [0.25, 0.3) is 16.6 Å². The molecule has 0 aliphatic rings. The highest BCUT2D eigenvalue weighted by Gasteiger charge is 2.16. The van der Waals surface area contributed by atoms with Crippen molar-refractivity contribution in [3.05, 3.63) is 76.9 Å². The van der Waals surface area contributed by atoms with Crippen LogP contribution < -0.4 is 5.32 Å². The van der Waals surface area contributed by atoms with Gasteiger partial charge in [-0.1, -0.05) is 30.3 Å². The SMILES string of the molecule is Cc1c(Br)c2ccccc2n1CC(=O)NC(C)c1ccc(-n2cncn2)cc1. The fourth-order valence-corrected chi connectivity index (χ4v) is 3.91. The van der Waals surface area contributed by atoms with Crippen LogP contribution in [0, 0.1) is 6.92 Å². The van der Waals surface area contributed by atoms with Crippen LogP contribution in [0.15, 0.2) is 65.7 Å². The highest BCUT2D eigenvalue weighted by atomic mass is 79.9. The summed E-state index contributed by atoms with van der Waals surface area (Å²) < 4.78 is 4.77. The normalized spacial score (nSPS) is 12.2. The minimum atomic E-state index is -0.0946. The van der Waals surface area contributed by atoms with Crippen molar-refractivity contribution in [3.8, 4) is 5.69 Å². The molecular weight excluding hydrogens is 418 g/mol. The number of benzene rings is 2. The topological polar surface area (TPSA) is 64.7 Å². The smallest absolute Gasteiger partial charge is 0.240 e. The lowest BCUT2D eigenvalue weighted by Gasteiger charge is -2.16. The number of aromatic nitrogens is 4. The third-order valence-electron chi connectivity index (χ3n) is 4.91. The van der Waals surface area contributed by atoms with Crippen molar-refractivity contribution >= 4 is 32.7 Å². The van der Waals surface area contributed by atoms with Gasteiger partial charge in [-0.05, 0) is 53.5 Å². The average Bonchev–Trinajstić information content (AvgIpc) is 3.32. The summed E-state index contributed by atoms with van der Waals surface area (Å²) >= 11 is 3.64. The minimum absolute atomic E-state index is 0.0239. The first-order valence-corrected chi connectivity index (χ1v) is 9.81. The van der Waals surface area contributed by atoms with Gasteiger partial charge in [-0.25, -0.2) is 9.67 Å². The van der Waals surface area contributed by atoms with Crippen LogP contribution in [0.4, 0.5) is 0 Å². The van der Waals surface area contributed by atoms with Gasteiger partial charge in [-0.3, -0.25) is 4.79 Å². The molecule has 1 amide bonds. The predicted octanol–water partition coefficient (Wildman–Crippen LogP) is 4.17. The Morgan fingerprint density at radius 3 is 2.64 bits per heavy atom. The second kappa shape index (κ2) is 7.59. The zero-order valence-corrected chi connectivity index (χ0v) is 17.2. The molecule has 0 radical (unpaired) electrons. The summed E-state index contributed by atoms with van der Waals surface area (Å²) in [5, 5.41) is 8.33. The fraction of sp³-hybridized carbons (Fsp3) is 0.190. The Hall–Kier alpha value is -2.93. The maximum atomic E-state index is 12.7. The quantitative estimate of drug-likeness (QED) is 0.509. The molecule has 1 unspecified atom stereocenters. The number of fused-ring (bicyclic) bond motifs is 1. The lowest BCUT2D eigenvalue weighted by atomic mass is 10.1. The molecule has 0 bridgehead atoms. The molecule has 1 atom stereocenters. The van der Waals surface area contributed by atoms with Gasteiger partial charge in [-0.2, -0.15) is 5.10 Å². The first-order valence-electron chi connectivity index (χ1n) is 9.02. The summed E-state index contributed by atoms with van der Waals surface area (Å²) in [5.74, 6) is -0.0239. The second-order valence-corrected chi connectivity index (χ2v) is 7.52. The van der Waals surface area contributed by atoms with Crippen LogP contribution in [0.1, 0.15) is 24.2 Å². The first-order chi connectivity index (χ1) is 13.5. The van der Waals surface area contributed by atoms with E-state index in [1.165, 1.54) is 6.33 Å². The van der Waals surface area contributed by atoms with E-state index in [2.05, 4.69) is 37.4 Å². The molecular formula is C21H20BrN5O. The largest absolute Gasteiger partial charge is 0.348 e. The molecule has 0 fully saturated rings. The van der Waals surface area contributed by atoms with Crippen molar-refractivity contribution in [2.45, 2.75) is 26.4 Å². The van der Waals surface area contributed by atoms with E-state index in [-0.39, 0.29) is 18.5 Å². The number of carbonyl (C=O) groups excluding carboxylic acids is 1. The van der Waals surface area contributed by atoms with Gasteiger partial charge in [0.15, 0.2) is 0 Å². The van der Waals surface area contributed by atoms with E-state index in [1.54, 1.807) is 11.0 Å². The van der Waals surface area contributed by atoms with Crippen molar-refractivity contribution in [2.24, 2.45) is 0 Å². The average molecular weight is 438 g/mol. The summed E-state index contributed by atoms with van der Waals surface area (Å²) in [5.41, 5.74) is 4.06. The minimum Gasteiger partial charge on any atom is -0.348 e. The second-order valence-electron chi connectivity index (χ2n) is 6.72. The van der Waals surface area contributed by atoms with E-state index in [9.17, 15) is 4.79 Å². The van der Waals surface area contributed by atoms with E-state index in [0.29, 0.717) is 0 Å². The van der Waals surface area contributed by atoms with Gasteiger partial charge in [0.25, 0.3) is 0 Å². The molecule has 7 heteroatoms. The summed E-state index contributed by atoms with van der Waals surface area (Å²) in [6, 6.07) is 15.9. The van der Waals surface area contributed by atoms with E-state index >= 15 is 0 Å². The molecule has 0 saturated heterocycles. The Labute approximate surface area is 171 Å². The van der Waals surface area contributed by atoms with Gasteiger partial charge >= 0.3 is 0 Å². The Morgan fingerprint density at radius 1 is 1.18 bits per heavy atom. The fourth-order valence-electron chi connectivity index (χ4n) is 3.36. The van der Waals surface area contributed by atoms with Crippen molar-refractivity contribution in [1.29, 1.82) is 0 Å². The molecule has 28 heavy (non-hydrogen) atoms. The molecule has 6 nitrogen and oxygen atoms in total. The number of nitrogens with one attached hydrogen (secondary N) is 1. The van der Waals surface area contributed by atoms with E-state index in [0.717, 1.165) is 32.3 Å². The summed E-state index contributed by atoms with van der Waals surface area (Å²) in [6.07, 6.45) is 3.16. The van der Waals surface area contributed by atoms with Gasteiger partial charge in [0.2, 0.25) is 5.91 Å². The van der Waals surface area contributed by atoms with Crippen LogP contribution in [0.3, 0.4) is 0 Å². The molecule has 142 valence electrons. The van der Waals surface area contributed by atoms with Crippen LogP contribution >= 0.6 is 15.9 Å². The number of para-hydroxylation sites is 1. The molecule has 4 aromatic rings.